The van der Waals surface area contributed by atoms with E-state index in [0.29, 0.717) is 23.8 Å². The third-order valence-electron chi connectivity index (χ3n) is 3.37. The summed E-state index contributed by atoms with van der Waals surface area (Å²) in [5, 5.41) is 2.85. The number of nitrogens with zero attached hydrogens (tertiary/aromatic N) is 1. The average molecular weight is 313 g/mol. The van der Waals surface area contributed by atoms with Crippen molar-refractivity contribution in [2.24, 2.45) is 11.7 Å². The van der Waals surface area contributed by atoms with Crippen molar-refractivity contribution < 1.29 is 9.53 Å². The number of rotatable bonds is 6. The van der Waals surface area contributed by atoms with Gasteiger partial charge < -0.3 is 15.8 Å². The Morgan fingerprint density at radius 2 is 2.13 bits per heavy atom. The topological polar surface area (TPSA) is 77.2 Å². The van der Waals surface area contributed by atoms with Gasteiger partial charge in [-0.1, -0.05) is 13.8 Å². The van der Waals surface area contributed by atoms with Gasteiger partial charge in [-0.05, 0) is 55.2 Å². The molecule has 2 rings (SSSR count). The van der Waals surface area contributed by atoms with Crippen LogP contribution in [0, 0.1) is 12.8 Å². The largest absolute Gasteiger partial charge is 0.455 e. The number of nitrogens with one attached hydrogen (secondary N) is 1. The van der Waals surface area contributed by atoms with E-state index in [1.165, 1.54) is 0 Å². The van der Waals surface area contributed by atoms with Gasteiger partial charge >= 0.3 is 0 Å². The third kappa shape index (κ3) is 5.07. The normalized spacial score (nSPS) is 12.0. The van der Waals surface area contributed by atoms with Crippen molar-refractivity contribution in [3.8, 4) is 11.5 Å². The molecule has 1 atom stereocenters. The zero-order valence-electron chi connectivity index (χ0n) is 13.7. The molecule has 23 heavy (non-hydrogen) atoms. The molecule has 5 heteroatoms. The van der Waals surface area contributed by atoms with Crippen molar-refractivity contribution >= 4 is 11.6 Å². The molecule has 2 aromatic rings. The van der Waals surface area contributed by atoms with Crippen LogP contribution >= 0.6 is 0 Å². The smallest absolute Gasteiger partial charge is 0.241 e. The van der Waals surface area contributed by atoms with E-state index in [1.54, 1.807) is 18.5 Å². The van der Waals surface area contributed by atoms with Gasteiger partial charge in [0.15, 0.2) is 0 Å². The van der Waals surface area contributed by atoms with Crippen LogP contribution in [0.5, 0.6) is 11.5 Å². The monoisotopic (exact) mass is 313 g/mol. The van der Waals surface area contributed by atoms with E-state index in [4.69, 9.17) is 10.5 Å². The van der Waals surface area contributed by atoms with Gasteiger partial charge in [0.1, 0.15) is 11.5 Å². The Bertz CT molecular complexity index is 657. The molecule has 0 spiro atoms. The van der Waals surface area contributed by atoms with Gasteiger partial charge in [-0.15, -0.1) is 0 Å². The molecular formula is C18H23N3O2. The highest BCUT2D eigenvalue weighted by Crippen LogP contribution is 2.26. The van der Waals surface area contributed by atoms with Crippen molar-refractivity contribution in [3.05, 3.63) is 48.3 Å². The number of benzene rings is 1. The minimum absolute atomic E-state index is 0.168. The van der Waals surface area contributed by atoms with Gasteiger partial charge in [-0.25, -0.2) is 0 Å². The molecule has 0 radical (unpaired) electrons. The SMILES string of the molecule is Cc1cc(NC(=O)[C@@H](N)CC(C)C)ccc1Oc1cccnc1. The molecule has 3 N–H and O–H groups in total. The Hall–Kier alpha value is -2.40. The van der Waals surface area contributed by atoms with E-state index in [9.17, 15) is 4.79 Å². The van der Waals surface area contributed by atoms with Crippen LogP contribution in [0.3, 0.4) is 0 Å². The zero-order chi connectivity index (χ0) is 16.8. The fourth-order valence-electron chi connectivity index (χ4n) is 2.23. The lowest BCUT2D eigenvalue weighted by Gasteiger charge is -2.15. The number of ether oxygens (including phenoxy) is 1. The first-order valence-electron chi connectivity index (χ1n) is 7.70. The van der Waals surface area contributed by atoms with Gasteiger partial charge in [-0.3, -0.25) is 9.78 Å². The standard InChI is InChI=1S/C18H23N3O2/c1-12(2)9-16(19)18(22)21-14-6-7-17(13(3)10-14)23-15-5-4-8-20-11-15/h4-8,10-12,16H,9,19H2,1-3H3,(H,21,22)/t16-/m0/s1. The van der Waals surface area contributed by atoms with Crippen LogP contribution in [0.2, 0.25) is 0 Å². The van der Waals surface area contributed by atoms with Gasteiger partial charge in [0.2, 0.25) is 5.91 Å². The van der Waals surface area contributed by atoms with Crippen molar-refractivity contribution in [1.29, 1.82) is 0 Å². The first-order chi connectivity index (χ1) is 11.0. The second-order valence-electron chi connectivity index (χ2n) is 6.00. The lowest BCUT2D eigenvalue weighted by Crippen LogP contribution is -2.36. The Balaban J connectivity index is 2.03. The van der Waals surface area contributed by atoms with Crippen LogP contribution in [-0.2, 0) is 4.79 Å². The van der Waals surface area contributed by atoms with E-state index in [2.05, 4.69) is 10.3 Å². The Labute approximate surface area is 136 Å². The average Bonchev–Trinajstić information content (AvgIpc) is 2.50. The van der Waals surface area contributed by atoms with E-state index >= 15 is 0 Å². The maximum absolute atomic E-state index is 12.1. The number of anilines is 1. The fourth-order valence-corrected chi connectivity index (χ4v) is 2.23. The molecule has 1 aromatic heterocycles. The summed E-state index contributed by atoms with van der Waals surface area (Å²) in [5.41, 5.74) is 7.53. The zero-order valence-corrected chi connectivity index (χ0v) is 13.7. The van der Waals surface area contributed by atoms with Gasteiger partial charge in [0.25, 0.3) is 0 Å². The minimum atomic E-state index is -0.498. The molecule has 5 nitrogen and oxygen atoms in total. The lowest BCUT2D eigenvalue weighted by molar-refractivity contribution is -0.117. The van der Waals surface area contributed by atoms with E-state index in [-0.39, 0.29) is 5.91 Å². The van der Waals surface area contributed by atoms with Crippen LogP contribution in [0.25, 0.3) is 0 Å². The molecule has 0 fully saturated rings. The molecule has 1 heterocycles. The first-order valence-corrected chi connectivity index (χ1v) is 7.70. The van der Waals surface area contributed by atoms with Crippen LogP contribution < -0.4 is 15.8 Å². The second kappa shape index (κ2) is 7.74. The molecule has 1 amide bonds. The molecule has 0 aliphatic rings. The van der Waals surface area contributed by atoms with Gasteiger partial charge in [-0.2, -0.15) is 0 Å². The number of nitrogens with two attached hydrogens (primary N) is 1. The maximum Gasteiger partial charge on any atom is 0.241 e. The van der Waals surface area contributed by atoms with E-state index in [1.807, 2.05) is 45.0 Å². The molecule has 1 aromatic carbocycles. The number of pyridine rings is 1. The molecule has 0 aliphatic carbocycles. The second-order valence-corrected chi connectivity index (χ2v) is 6.00. The van der Waals surface area contributed by atoms with Crippen molar-refractivity contribution in [2.45, 2.75) is 33.2 Å². The summed E-state index contributed by atoms with van der Waals surface area (Å²) < 4.78 is 5.77. The van der Waals surface area contributed by atoms with Gasteiger partial charge in [0, 0.05) is 11.9 Å². The summed E-state index contributed by atoms with van der Waals surface area (Å²) in [6, 6.07) is 8.65. The highest BCUT2D eigenvalue weighted by molar-refractivity contribution is 5.94. The Kier molecular flexibility index (Phi) is 5.71. The van der Waals surface area contributed by atoms with Crippen LogP contribution in [-0.4, -0.2) is 16.9 Å². The molecule has 0 aliphatic heterocycles. The molecule has 0 bridgehead atoms. The van der Waals surface area contributed by atoms with E-state index < -0.39 is 6.04 Å². The molecule has 0 saturated heterocycles. The Morgan fingerprint density at radius 3 is 2.74 bits per heavy atom. The van der Waals surface area contributed by atoms with Crippen LogP contribution in [0.1, 0.15) is 25.8 Å². The summed E-state index contributed by atoms with van der Waals surface area (Å²) in [7, 11) is 0. The number of aromatic nitrogens is 1. The number of carbonyl (C=O) groups excluding carboxylic acids is 1. The predicted octanol–water partition coefficient (Wildman–Crippen LogP) is 3.49. The molecule has 0 unspecified atom stereocenters. The minimum Gasteiger partial charge on any atom is -0.455 e. The Morgan fingerprint density at radius 1 is 1.35 bits per heavy atom. The number of amides is 1. The maximum atomic E-state index is 12.1. The number of hydrogen-bond acceptors (Lipinski definition) is 4. The van der Waals surface area contributed by atoms with Crippen LogP contribution in [0.4, 0.5) is 5.69 Å². The third-order valence-corrected chi connectivity index (χ3v) is 3.37. The lowest BCUT2D eigenvalue weighted by atomic mass is 10.0. The van der Waals surface area contributed by atoms with Crippen LogP contribution in [0.15, 0.2) is 42.7 Å². The quantitative estimate of drug-likeness (QED) is 0.855. The summed E-state index contributed by atoms with van der Waals surface area (Å²) in [6.07, 6.45) is 4.01. The van der Waals surface area contributed by atoms with E-state index in [0.717, 1.165) is 11.3 Å². The van der Waals surface area contributed by atoms with Crippen molar-refractivity contribution in [3.63, 3.8) is 0 Å². The predicted molar refractivity (Wildman–Crippen MR) is 91.6 cm³/mol. The number of hydrogen-bond donors (Lipinski definition) is 2. The summed E-state index contributed by atoms with van der Waals surface area (Å²) in [6.45, 7) is 6.01. The highest BCUT2D eigenvalue weighted by atomic mass is 16.5. The number of carbonyl (C=O) groups is 1. The summed E-state index contributed by atoms with van der Waals surface area (Å²) in [4.78, 5) is 16.1. The van der Waals surface area contributed by atoms with Gasteiger partial charge in [0.05, 0.1) is 12.2 Å². The van der Waals surface area contributed by atoms with Crippen molar-refractivity contribution in [1.82, 2.24) is 4.98 Å². The first kappa shape index (κ1) is 17.0. The highest BCUT2D eigenvalue weighted by Gasteiger charge is 2.15. The van der Waals surface area contributed by atoms with Crippen molar-refractivity contribution in [2.75, 3.05) is 5.32 Å². The molecule has 122 valence electrons. The summed E-state index contributed by atoms with van der Waals surface area (Å²) >= 11 is 0. The molecular weight excluding hydrogens is 290 g/mol. The fraction of sp³-hybridized carbons (Fsp3) is 0.333. The molecule has 0 saturated carbocycles. The number of aryl methyl sites for hydroxylation is 1. The summed E-state index contributed by atoms with van der Waals surface area (Å²) in [5.74, 6) is 1.61.